The topological polar surface area (TPSA) is 159 Å². The number of hydrogen-bond acceptors (Lipinski definition) is 5. The van der Waals surface area contributed by atoms with Crippen LogP contribution in [-0.2, 0) is 14.4 Å². The second-order valence-electron chi connectivity index (χ2n) is 4.78. The van der Waals surface area contributed by atoms with E-state index in [4.69, 9.17) is 10.8 Å². The van der Waals surface area contributed by atoms with Crippen molar-refractivity contribution < 1.29 is 29.4 Å². The molecule has 1 aromatic rings. The third-order valence-electron chi connectivity index (χ3n) is 2.90. The summed E-state index contributed by atoms with van der Waals surface area (Å²) in [6.07, 6.45) is -0.516. The summed E-state index contributed by atoms with van der Waals surface area (Å²) in [5.41, 5.74) is 4.93. The van der Waals surface area contributed by atoms with Crippen molar-refractivity contribution >= 4 is 23.7 Å². The molecule has 1 rings (SSSR count). The first-order valence-corrected chi connectivity index (χ1v) is 6.62. The number of carbonyl (C=O) groups excluding carboxylic acids is 3. The van der Waals surface area contributed by atoms with Gasteiger partial charge < -0.3 is 26.6 Å². The number of carboxylic acids is 1. The molecule has 0 heterocycles. The number of rotatable bonds is 7. The van der Waals surface area contributed by atoms with Gasteiger partial charge in [-0.2, -0.15) is 0 Å². The highest BCUT2D eigenvalue weighted by molar-refractivity contribution is 6.00. The lowest BCUT2D eigenvalue weighted by Gasteiger charge is -2.19. The van der Waals surface area contributed by atoms with E-state index >= 15 is 0 Å². The fourth-order valence-corrected chi connectivity index (χ4v) is 1.69. The average molecular weight is 323 g/mol. The van der Waals surface area contributed by atoms with Crippen LogP contribution in [0.1, 0.15) is 23.7 Å². The Bertz CT molecular complexity index is 631. The Morgan fingerprint density at radius 3 is 2.30 bits per heavy atom. The summed E-state index contributed by atoms with van der Waals surface area (Å²) in [6, 6.07) is 3.05. The van der Waals surface area contributed by atoms with Gasteiger partial charge in [0.2, 0.25) is 11.8 Å². The molecule has 0 aliphatic rings. The van der Waals surface area contributed by atoms with Crippen LogP contribution in [0, 0.1) is 0 Å². The molecule has 3 amide bonds. The summed E-state index contributed by atoms with van der Waals surface area (Å²) in [5, 5.41) is 22.7. The Kier molecular flexibility index (Phi) is 6.07. The van der Waals surface area contributed by atoms with Crippen molar-refractivity contribution in [2.75, 3.05) is 0 Å². The molecule has 1 aromatic carbocycles. The number of primary amides is 1. The molecule has 2 unspecified atom stereocenters. The van der Waals surface area contributed by atoms with Crippen LogP contribution < -0.4 is 16.4 Å². The monoisotopic (exact) mass is 323 g/mol. The smallest absolute Gasteiger partial charge is 0.325 e. The molecule has 9 nitrogen and oxygen atoms in total. The minimum Gasteiger partial charge on any atom is -0.507 e. The minimum absolute atomic E-state index is 0.0962. The normalized spacial score (nSPS) is 12.7. The quantitative estimate of drug-likeness (QED) is 0.431. The number of carboxylic acid groups (broad SMARTS) is 1. The maximum absolute atomic E-state index is 12.1. The van der Waals surface area contributed by atoms with Crippen molar-refractivity contribution in [3.63, 3.8) is 0 Å². The first kappa shape index (κ1) is 18.0. The Hall–Kier alpha value is -3.10. The molecule has 0 saturated carbocycles. The zero-order valence-electron chi connectivity index (χ0n) is 12.3. The van der Waals surface area contributed by atoms with Crippen LogP contribution in [0.25, 0.3) is 0 Å². The fraction of sp³-hybridized carbons (Fsp3) is 0.286. The lowest BCUT2D eigenvalue weighted by atomic mass is 10.1. The number of phenolic OH excluding ortho intramolecular Hbond substituents is 1. The number of hydrogen-bond donors (Lipinski definition) is 5. The average Bonchev–Trinajstić information content (AvgIpc) is 2.46. The predicted molar refractivity (Wildman–Crippen MR) is 78.4 cm³/mol. The number of para-hydroxylation sites is 1. The van der Waals surface area contributed by atoms with Gasteiger partial charge in [0.25, 0.3) is 5.91 Å². The number of phenols is 1. The molecule has 23 heavy (non-hydrogen) atoms. The first-order valence-electron chi connectivity index (χ1n) is 6.62. The predicted octanol–water partition coefficient (Wildman–Crippen LogP) is -1.04. The summed E-state index contributed by atoms with van der Waals surface area (Å²) in [4.78, 5) is 45.8. The number of amides is 3. The van der Waals surface area contributed by atoms with Gasteiger partial charge in [-0.3, -0.25) is 19.2 Å². The van der Waals surface area contributed by atoms with E-state index in [1.54, 1.807) is 0 Å². The molecule has 0 fully saturated rings. The Balaban J connectivity index is 2.88. The molecule has 124 valence electrons. The van der Waals surface area contributed by atoms with Gasteiger partial charge in [-0.05, 0) is 19.1 Å². The maximum atomic E-state index is 12.1. The zero-order chi connectivity index (χ0) is 17.6. The summed E-state index contributed by atoms with van der Waals surface area (Å²) in [6.45, 7) is 1.23. The Morgan fingerprint density at radius 1 is 1.17 bits per heavy atom. The standard InChI is InChI=1S/C14H17N3O6/c1-7(14(22)23)16-13(21)9(6-11(15)19)17-12(20)8-4-2-3-5-10(8)18/h2-5,7,9,18H,6H2,1H3,(H2,15,19)(H,16,21)(H,17,20)(H,22,23). The highest BCUT2D eigenvalue weighted by atomic mass is 16.4. The summed E-state index contributed by atoms with van der Waals surface area (Å²) in [7, 11) is 0. The fourth-order valence-electron chi connectivity index (χ4n) is 1.69. The molecule has 0 aliphatic carbocycles. The van der Waals surface area contributed by atoms with E-state index in [-0.39, 0.29) is 11.3 Å². The highest BCUT2D eigenvalue weighted by Gasteiger charge is 2.26. The van der Waals surface area contributed by atoms with Gasteiger partial charge in [0, 0.05) is 0 Å². The molecule has 0 aromatic heterocycles. The second-order valence-corrected chi connectivity index (χ2v) is 4.78. The van der Waals surface area contributed by atoms with Gasteiger partial charge in [0.1, 0.15) is 17.8 Å². The highest BCUT2D eigenvalue weighted by Crippen LogP contribution is 2.15. The van der Waals surface area contributed by atoms with Crippen LogP contribution in [0.2, 0.25) is 0 Å². The van der Waals surface area contributed by atoms with E-state index in [1.807, 2.05) is 0 Å². The largest absolute Gasteiger partial charge is 0.507 e. The summed E-state index contributed by atoms with van der Waals surface area (Å²) >= 11 is 0. The van der Waals surface area contributed by atoms with Crippen molar-refractivity contribution in [3.05, 3.63) is 29.8 Å². The van der Waals surface area contributed by atoms with E-state index in [1.165, 1.54) is 31.2 Å². The van der Waals surface area contributed by atoms with Crippen molar-refractivity contribution in [2.45, 2.75) is 25.4 Å². The van der Waals surface area contributed by atoms with Crippen LogP contribution >= 0.6 is 0 Å². The molecule has 9 heteroatoms. The first-order chi connectivity index (χ1) is 10.7. The number of aliphatic carboxylic acids is 1. The van der Waals surface area contributed by atoms with Gasteiger partial charge in [0.15, 0.2) is 0 Å². The molecule has 0 spiro atoms. The molecule has 6 N–H and O–H groups in total. The third kappa shape index (κ3) is 5.30. The number of nitrogens with two attached hydrogens (primary N) is 1. The van der Waals surface area contributed by atoms with E-state index in [2.05, 4.69) is 10.6 Å². The molecule has 0 saturated heterocycles. The number of carbonyl (C=O) groups is 4. The molecular formula is C14H17N3O6. The molecule has 0 aliphatic heterocycles. The van der Waals surface area contributed by atoms with Gasteiger partial charge in [-0.25, -0.2) is 0 Å². The van der Waals surface area contributed by atoms with Gasteiger partial charge >= 0.3 is 5.97 Å². The van der Waals surface area contributed by atoms with Gasteiger partial charge in [-0.15, -0.1) is 0 Å². The second kappa shape index (κ2) is 7.78. The Labute approximate surface area is 131 Å². The lowest BCUT2D eigenvalue weighted by molar-refractivity contribution is -0.141. The van der Waals surface area contributed by atoms with Crippen molar-refractivity contribution in [1.82, 2.24) is 10.6 Å². The Morgan fingerprint density at radius 2 is 1.78 bits per heavy atom. The summed E-state index contributed by atoms with van der Waals surface area (Å²) < 4.78 is 0. The van der Waals surface area contributed by atoms with Crippen LogP contribution in [0.5, 0.6) is 5.75 Å². The lowest BCUT2D eigenvalue weighted by Crippen LogP contribution is -2.52. The zero-order valence-corrected chi connectivity index (χ0v) is 12.3. The SMILES string of the molecule is CC(NC(=O)C(CC(N)=O)NC(=O)c1ccccc1O)C(=O)O. The minimum atomic E-state index is -1.36. The van der Waals surface area contributed by atoms with Crippen LogP contribution in [0.4, 0.5) is 0 Å². The molecule has 2 atom stereocenters. The van der Waals surface area contributed by atoms with Crippen molar-refractivity contribution in [1.29, 1.82) is 0 Å². The number of benzene rings is 1. The van der Waals surface area contributed by atoms with E-state index in [9.17, 15) is 24.3 Å². The number of aromatic hydroxyl groups is 1. The van der Waals surface area contributed by atoms with Crippen LogP contribution in [0.3, 0.4) is 0 Å². The van der Waals surface area contributed by atoms with Crippen LogP contribution in [0.15, 0.2) is 24.3 Å². The molecule has 0 bridgehead atoms. The van der Waals surface area contributed by atoms with Crippen molar-refractivity contribution in [3.8, 4) is 5.75 Å². The van der Waals surface area contributed by atoms with Crippen LogP contribution in [-0.4, -0.2) is 46.0 Å². The maximum Gasteiger partial charge on any atom is 0.325 e. The van der Waals surface area contributed by atoms with Crippen molar-refractivity contribution in [2.24, 2.45) is 5.73 Å². The third-order valence-corrected chi connectivity index (χ3v) is 2.90. The number of nitrogens with one attached hydrogen (secondary N) is 2. The molecular weight excluding hydrogens is 306 g/mol. The van der Waals surface area contributed by atoms with Gasteiger partial charge in [-0.1, -0.05) is 12.1 Å². The van der Waals surface area contributed by atoms with E-state index in [0.717, 1.165) is 0 Å². The van der Waals surface area contributed by atoms with E-state index < -0.39 is 42.2 Å². The van der Waals surface area contributed by atoms with Gasteiger partial charge in [0.05, 0.1) is 12.0 Å². The molecule has 0 radical (unpaired) electrons. The summed E-state index contributed by atoms with van der Waals surface area (Å²) in [5.74, 6) is -4.11. The van der Waals surface area contributed by atoms with E-state index in [0.29, 0.717) is 0 Å².